The lowest BCUT2D eigenvalue weighted by molar-refractivity contribution is -0.113. The molecule has 0 radical (unpaired) electrons. The summed E-state index contributed by atoms with van der Waals surface area (Å²) < 4.78 is 33.3. The fourth-order valence-corrected chi connectivity index (χ4v) is 1.42. The number of hydrogen-bond donors (Lipinski definition) is 1. The van der Waals surface area contributed by atoms with E-state index in [1.54, 1.807) is 0 Å². The highest BCUT2D eigenvalue weighted by molar-refractivity contribution is 7.86. The van der Waals surface area contributed by atoms with Crippen LogP contribution in [0.1, 0.15) is 0 Å². The summed E-state index contributed by atoms with van der Waals surface area (Å²) in [5, 5.41) is 2.38. The van der Waals surface area contributed by atoms with E-state index in [0.29, 0.717) is 5.69 Å². The number of amides is 1. The Hall–Kier alpha value is -1.14. The highest BCUT2D eigenvalue weighted by atomic mass is 35.5. The molecule has 0 aliphatic heterocycles. The molecule has 0 unspecified atom stereocenters. The van der Waals surface area contributed by atoms with Crippen molar-refractivity contribution in [1.29, 1.82) is 0 Å². The molecular weight excluding hydrogens is 245 g/mol. The Labute approximate surface area is 91.3 Å². The van der Waals surface area contributed by atoms with Gasteiger partial charge in [0, 0.05) is 5.69 Å². The number of benzene rings is 1. The summed E-state index contributed by atoms with van der Waals surface area (Å²) in [6.45, 7) is 0. The maximum atomic E-state index is 12.4. The molecule has 82 valence electrons. The topological polar surface area (TPSA) is 63.2 Å². The first-order valence-electron chi connectivity index (χ1n) is 3.84. The predicted octanol–water partition coefficient (Wildman–Crippen LogP) is 1.52. The van der Waals surface area contributed by atoms with Gasteiger partial charge >= 0.3 is 10.2 Å². The van der Waals surface area contributed by atoms with Crippen LogP contribution in [0, 0.1) is 0 Å². The number of rotatable bonds is 3. The van der Waals surface area contributed by atoms with E-state index < -0.39 is 21.0 Å². The highest BCUT2D eigenvalue weighted by Gasteiger charge is 2.11. The molecule has 0 aliphatic rings. The largest absolute Gasteiger partial charge is 0.332 e. The van der Waals surface area contributed by atoms with Crippen molar-refractivity contribution in [3.05, 3.63) is 24.3 Å². The summed E-state index contributed by atoms with van der Waals surface area (Å²) in [6, 6.07) is 4.66. The lowest BCUT2D eigenvalue weighted by atomic mass is 10.3. The van der Waals surface area contributed by atoms with E-state index in [4.69, 9.17) is 11.6 Å². The van der Waals surface area contributed by atoms with Gasteiger partial charge in [0.05, 0.1) is 4.90 Å². The van der Waals surface area contributed by atoms with Gasteiger partial charge in [-0.2, -0.15) is 8.42 Å². The monoisotopic (exact) mass is 251 g/mol. The molecule has 0 aliphatic carbocycles. The number of halogens is 2. The second-order valence-electron chi connectivity index (χ2n) is 2.64. The van der Waals surface area contributed by atoms with E-state index in [1.165, 1.54) is 12.1 Å². The molecule has 15 heavy (non-hydrogen) atoms. The molecule has 0 saturated carbocycles. The van der Waals surface area contributed by atoms with Gasteiger partial charge in [0.2, 0.25) is 5.91 Å². The number of alkyl halides is 1. The third kappa shape index (κ3) is 3.49. The summed E-state index contributed by atoms with van der Waals surface area (Å²) in [5.41, 5.74) is 0.355. The van der Waals surface area contributed by atoms with Crippen molar-refractivity contribution in [2.75, 3.05) is 11.2 Å². The minimum absolute atomic E-state index is 0.205. The van der Waals surface area contributed by atoms with Crippen molar-refractivity contribution in [3.8, 4) is 0 Å². The molecule has 1 aromatic rings. The Bertz CT molecular complexity index is 457. The van der Waals surface area contributed by atoms with Crippen LogP contribution in [0.2, 0.25) is 0 Å². The zero-order valence-electron chi connectivity index (χ0n) is 7.41. The van der Waals surface area contributed by atoms with E-state index in [0.717, 1.165) is 12.1 Å². The lowest BCUT2D eigenvalue weighted by Gasteiger charge is -2.02. The summed E-state index contributed by atoms with van der Waals surface area (Å²) in [7, 11) is -4.69. The van der Waals surface area contributed by atoms with Gasteiger partial charge in [0.1, 0.15) is 5.88 Å². The maximum Gasteiger partial charge on any atom is 0.332 e. The van der Waals surface area contributed by atoms with Crippen LogP contribution < -0.4 is 5.32 Å². The molecule has 0 saturated heterocycles. The van der Waals surface area contributed by atoms with Crippen LogP contribution in [0.3, 0.4) is 0 Å². The summed E-state index contributed by atoms with van der Waals surface area (Å²) >= 11 is 5.24. The number of carbonyl (C=O) groups excluding carboxylic acids is 1. The Kier molecular flexibility index (Phi) is 3.65. The molecule has 0 aromatic heterocycles. The average molecular weight is 252 g/mol. The molecule has 0 fully saturated rings. The Morgan fingerprint density at radius 2 is 1.87 bits per heavy atom. The fraction of sp³-hybridized carbons (Fsp3) is 0.125. The van der Waals surface area contributed by atoms with E-state index >= 15 is 0 Å². The van der Waals surface area contributed by atoms with Gasteiger partial charge in [-0.05, 0) is 24.3 Å². The molecule has 0 spiro atoms. The van der Waals surface area contributed by atoms with Gasteiger partial charge < -0.3 is 5.32 Å². The van der Waals surface area contributed by atoms with Crippen molar-refractivity contribution >= 4 is 33.4 Å². The van der Waals surface area contributed by atoms with Crippen molar-refractivity contribution in [2.24, 2.45) is 0 Å². The average Bonchev–Trinajstić information content (AvgIpc) is 2.17. The minimum Gasteiger partial charge on any atom is -0.325 e. The van der Waals surface area contributed by atoms with Gasteiger partial charge in [0.25, 0.3) is 0 Å². The fourth-order valence-electron chi connectivity index (χ4n) is 0.895. The second-order valence-corrected chi connectivity index (χ2v) is 4.26. The second kappa shape index (κ2) is 4.59. The van der Waals surface area contributed by atoms with Gasteiger partial charge in [-0.3, -0.25) is 4.79 Å². The van der Waals surface area contributed by atoms with Crippen LogP contribution in [0.5, 0.6) is 0 Å². The summed E-state index contributed by atoms with van der Waals surface area (Å²) in [5.74, 6) is -0.629. The van der Waals surface area contributed by atoms with Crippen LogP contribution >= 0.6 is 11.6 Å². The van der Waals surface area contributed by atoms with E-state index in [2.05, 4.69) is 5.32 Å². The molecule has 0 bridgehead atoms. The SMILES string of the molecule is O=C(CCl)Nc1ccc(S(=O)(=O)F)cc1. The summed E-state index contributed by atoms with van der Waals surface area (Å²) in [4.78, 5) is 10.4. The first-order valence-corrected chi connectivity index (χ1v) is 5.76. The first-order chi connectivity index (χ1) is 6.93. The zero-order valence-corrected chi connectivity index (χ0v) is 8.98. The Balaban J connectivity index is 2.86. The molecule has 4 nitrogen and oxygen atoms in total. The third-order valence-electron chi connectivity index (χ3n) is 1.54. The Morgan fingerprint density at radius 1 is 1.33 bits per heavy atom. The third-order valence-corrected chi connectivity index (χ3v) is 2.62. The van der Waals surface area contributed by atoms with Gasteiger partial charge in [-0.15, -0.1) is 15.5 Å². The number of carbonyl (C=O) groups is 1. The van der Waals surface area contributed by atoms with Gasteiger partial charge in [-0.25, -0.2) is 0 Å². The maximum absolute atomic E-state index is 12.4. The highest BCUT2D eigenvalue weighted by Crippen LogP contribution is 2.15. The smallest absolute Gasteiger partial charge is 0.325 e. The van der Waals surface area contributed by atoms with Crippen LogP contribution in [0.25, 0.3) is 0 Å². The van der Waals surface area contributed by atoms with Crippen molar-refractivity contribution in [1.82, 2.24) is 0 Å². The number of anilines is 1. The van der Waals surface area contributed by atoms with Crippen molar-refractivity contribution in [3.63, 3.8) is 0 Å². The van der Waals surface area contributed by atoms with Crippen LogP contribution in [-0.4, -0.2) is 20.2 Å². The van der Waals surface area contributed by atoms with E-state index in [9.17, 15) is 17.1 Å². The minimum atomic E-state index is -4.69. The molecule has 7 heteroatoms. The number of nitrogens with one attached hydrogen (secondary N) is 1. The molecule has 1 rings (SSSR count). The molecule has 0 heterocycles. The van der Waals surface area contributed by atoms with Gasteiger partial charge in [0.15, 0.2) is 0 Å². The molecule has 1 amide bonds. The zero-order chi connectivity index (χ0) is 11.5. The van der Waals surface area contributed by atoms with E-state index in [-0.39, 0.29) is 5.88 Å². The first kappa shape index (κ1) is 11.9. The van der Waals surface area contributed by atoms with Crippen molar-refractivity contribution < 1.29 is 17.1 Å². The molecule has 1 N–H and O–H groups in total. The Morgan fingerprint density at radius 3 is 2.27 bits per heavy atom. The van der Waals surface area contributed by atoms with Crippen LogP contribution in [0.4, 0.5) is 9.57 Å². The van der Waals surface area contributed by atoms with E-state index in [1.807, 2.05) is 0 Å². The van der Waals surface area contributed by atoms with Crippen molar-refractivity contribution in [2.45, 2.75) is 4.90 Å². The molecule has 0 atom stereocenters. The van der Waals surface area contributed by atoms with Crippen LogP contribution in [0.15, 0.2) is 29.2 Å². The molecule has 1 aromatic carbocycles. The van der Waals surface area contributed by atoms with Gasteiger partial charge in [-0.1, -0.05) is 0 Å². The predicted molar refractivity (Wildman–Crippen MR) is 54.1 cm³/mol. The summed E-state index contributed by atoms with van der Waals surface area (Å²) in [6.07, 6.45) is 0. The quantitative estimate of drug-likeness (QED) is 0.654. The van der Waals surface area contributed by atoms with Crippen LogP contribution in [-0.2, 0) is 15.0 Å². The number of hydrogen-bond acceptors (Lipinski definition) is 3. The lowest BCUT2D eigenvalue weighted by Crippen LogP contribution is -2.12. The standard InChI is InChI=1S/C8H7ClFNO3S/c9-5-8(12)11-6-1-3-7(4-2-6)15(10,13)14/h1-4H,5H2,(H,11,12). The normalized spacial score (nSPS) is 11.1. The molecular formula is C8H7ClFNO3S.